The molecular weight excluding hydrogens is 175 g/mol. The molecule has 0 amide bonds. The van der Waals surface area contributed by atoms with E-state index in [0.717, 1.165) is 5.75 Å². The maximum atomic E-state index is 10.7. The zero-order valence-electron chi connectivity index (χ0n) is 8.63. The van der Waals surface area contributed by atoms with Crippen LogP contribution in [0, 0.1) is 0 Å². The summed E-state index contributed by atoms with van der Waals surface area (Å²) in [6.07, 6.45) is 0. The molecule has 0 heterocycles. The Labute approximate surface area is 101 Å². The number of hydrogen-bond acceptors (Lipinski definition) is 2. The molecule has 2 nitrogen and oxygen atoms in total. The SMILES string of the molecule is CC(C)(C)Oc1ccc([O-])cc1.[Na+]. The summed E-state index contributed by atoms with van der Waals surface area (Å²) in [4.78, 5) is 0. The molecule has 66 valence electrons. The minimum absolute atomic E-state index is 0. The van der Waals surface area contributed by atoms with Crippen LogP contribution < -0.4 is 39.4 Å². The van der Waals surface area contributed by atoms with Gasteiger partial charge in [0.1, 0.15) is 11.4 Å². The van der Waals surface area contributed by atoms with E-state index in [4.69, 9.17) is 4.74 Å². The molecule has 0 atom stereocenters. The fraction of sp³-hybridized carbons (Fsp3) is 0.400. The molecule has 3 heteroatoms. The first-order valence-electron chi connectivity index (χ1n) is 3.93. The Balaban J connectivity index is 0.00000144. The van der Waals surface area contributed by atoms with E-state index in [-0.39, 0.29) is 40.9 Å². The average Bonchev–Trinajstić information content (AvgIpc) is 1.91. The summed E-state index contributed by atoms with van der Waals surface area (Å²) in [5.41, 5.74) is -0.204. The van der Waals surface area contributed by atoms with Crippen molar-refractivity contribution in [3.05, 3.63) is 24.3 Å². The van der Waals surface area contributed by atoms with E-state index < -0.39 is 0 Å². The molecule has 0 saturated carbocycles. The topological polar surface area (TPSA) is 32.3 Å². The standard InChI is InChI=1S/C10H14O2.Na/c1-10(2,3)12-9-6-4-8(11)5-7-9;/h4-7,11H,1-3H3;/q;+1/p-1. The number of rotatable bonds is 1. The molecular formula is C10H13NaO2. The maximum Gasteiger partial charge on any atom is 1.00 e. The Kier molecular flexibility index (Phi) is 4.82. The molecule has 0 radical (unpaired) electrons. The van der Waals surface area contributed by atoms with Gasteiger partial charge in [-0.2, -0.15) is 0 Å². The van der Waals surface area contributed by atoms with Gasteiger partial charge in [0, 0.05) is 0 Å². The number of ether oxygens (including phenoxy) is 1. The third kappa shape index (κ3) is 5.19. The zero-order chi connectivity index (χ0) is 9.19. The van der Waals surface area contributed by atoms with Crippen molar-refractivity contribution in [3.63, 3.8) is 0 Å². The fourth-order valence-electron chi connectivity index (χ4n) is 0.861. The van der Waals surface area contributed by atoms with Gasteiger partial charge in [0.05, 0.1) is 0 Å². The van der Waals surface area contributed by atoms with Crippen molar-refractivity contribution in [1.82, 2.24) is 0 Å². The smallest absolute Gasteiger partial charge is 0.872 e. The van der Waals surface area contributed by atoms with Crippen LogP contribution in [0.3, 0.4) is 0 Å². The molecule has 0 fully saturated rings. The molecule has 0 spiro atoms. The van der Waals surface area contributed by atoms with E-state index >= 15 is 0 Å². The second kappa shape index (κ2) is 4.89. The summed E-state index contributed by atoms with van der Waals surface area (Å²) in [5, 5.41) is 10.7. The predicted octanol–water partition coefficient (Wildman–Crippen LogP) is -1.06. The second-order valence-corrected chi connectivity index (χ2v) is 3.69. The van der Waals surface area contributed by atoms with Crippen molar-refractivity contribution in [3.8, 4) is 11.5 Å². The summed E-state index contributed by atoms with van der Waals surface area (Å²) in [6, 6.07) is 6.38. The van der Waals surface area contributed by atoms with Gasteiger partial charge < -0.3 is 9.84 Å². The van der Waals surface area contributed by atoms with E-state index in [0.29, 0.717) is 0 Å². The molecule has 0 bridgehead atoms. The van der Waals surface area contributed by atoms with Crippen LogP contribution in [-0.4, -0.2) is 5.60 Å². The van der Waals surface area contributed by atoms with E-state index in [9.17, 15) is 5.11 Å². The second-order valence-electron chi connectivity index (χ2n) is 3.69. The van der Waals surface area contributed by atoms with E-state index in [2.05, 4.69) is 0 Å². The van der Waals surface area contributed by atoms with Crippen LogP contribution in [0.2, 0.25) is 0 Å². The van der Waals surface area contributed by atoms with Gasteiger partial charge in [0.25, 0.3) is 0 Å². The van der Waals surface area contributed by atoms with Crippen molar-refractivity contribution in [1.29, 1.82) is 0 Å². The summed E-state index contributed by atoms with van der Waals surface area (Å²) in [5.74, 6) is 0.748. The molecule has 1 aromatic rings. The first-order chi connectivity index (χ1) is 5.47. The minimum Gasteiger partial charge on any atom is -0.872 e. The van der Waals surface area contributed by atoms with Crippen LogP contribution in [0.1, 0.15) is 20.8 Å². The molecule has 0 aromatic heterocycles. The fourth-order valence-corrected chi connectivity index (χ4v) is 0.861. The number of benzene rings is 1. The van der Waals surface area contributed by atoms with Gasteiger partial charge in [0.15, 0.2) is 0 Å². The van der Waals surface area contributed by atoms with Crippen molar-refractivity contribution in [2.24, 2.45) is 0 Å². The predicted molar refractivity (Wildman–Crippen MR) is 46.3 cm³/mol. The normalized spacial score (nSPS) is 10.4. The van der Waals surface area contributed by atoms with Crippen LogP contribution in [0.15, 0.2) is 24.3 Å². The van der Waals surface area contributed by atoms with Gasteiger partial charge in [-0.05, 0) is 32.9 Å². The van der Waals surface area contributed by atoms with Crippen LogP contribution in [0.4, 0.5) is 0 Å². The summed E-state index contributed by atoms with van der Waals surface area (Å²) < 4.78 is 5.52. The van der Waals surface area contributed by atoms with Crippen LogP contribution in [-0.2, 0) is 0 Å². The molecule has 13 heavy (non-hydrogen) atoms. The Morgan fingerprint density at radius 1 is 1.08 bits per heavy atom. The molecule has 0 saturated heterocycles. The Morgan fingerprint density at radius 2 is 1.54 bits per heavy atom. The molecule has 1 rings (SSSR count). The third-order valence-electron chi connectivity index (χ3n) is 1.25. The largest absolute Gasteiger partial charge is 1.00 e. The number of hydrogen-bond donors (Lipinski definition) is 0. The van der Waals surface area contributed by atoms with Crippen molar-refractivity contribution >= 4 is 0 Å². The monoisotopic (exact) mass is 188 g/mol. The Morgan fingerprint density at radius 3 is 1.92 bits per heavy atom. The maximum absolute atomic E-state index is 10.7. The van der Waals surface area contributed by atoms with E-state index in [1.165, 1.54) is 12.1 Å². The molecule has 0 N–H and O–H groups in total. The van der Waals surface area contributed by atoms with Gasteiger partial charge in [-0.15, -0.1) is 5.75 Å². The Hall–Kier alpha value is -0.180. The first-order valence-corrected chi connectivity index (χ1v) is 3.93. The van der Waals surface area contributed by atoms with Gasteiger partial charge in [-0.1, -0.05) is 12.1 Å². The summed E-state index contributed by atoms with van der Waals surface area (Å²) >= 11 is 0. The molecule has 0 aliphatic heterocycles. The minimum atomic E-state index is -0.204. The zero-order valence-corrected chi connectivity index (χ0v) is 10.6. The van der Waals surface area contributed by atoms with Crippen LogP contribution in [0.25, 0.3) is 0 Å². The summed E-state index contributed by atoms with van der Waals surface area (Å²) in [7, 11) is 0. The molecule has 0 aliphatic carbocycles. The quantitative estimate of drug-likeness (QED) is 0.526. The Bertz CT molecular complexity index is 249. The van der Waals surface area contributed by atoms with Gasteiger partial charge >= 0.3 is 29.6 Å². The van der Waals surface area contributed by atoms with Crippen LogP contribution in [0.5, 0.6) is 11.5 Å². The van der Waals surface area contributed by atoms with E-state index in [1.54, 1.807) is 12.1 Å². The molecule has 0 aliphatic rings. The van der Waals surface area contributed by atoms with Crippen molar-refractivity contribution in [2.75, 3.05) is 0 Å². The summed E-state index contributed by atoms with van der Waals surface area (Å²) in [6.45, 7) is 5.91. The molecule has 1 aromatic carbocycles. The van der Waals surface area contributed by atoms with Gasteiger partial charge in [-0.3, -0.25) is 0 Å². The van der Waals surface area contributed by atoms with E-state index in [1.807, 2.05) is 20.8 Å². The first kappa shape index (κ1) is 12.8. The van der Waals surface area contributed by atoms with Gasteiger partial charge in [0.2, 0.25) is 0 Å². The van der Waals surface area contributed by atoms with Gasteiger partial charge in [-0.25, -0.2) is 0 Å². The van der Waals surface area contributed by atoms with Crippen molar-refractivity contribution in [2.45, 2.75) is 26.4 Å². The average molecular weight is 188 g/mol. The third-order valence-corrected chi connectivity index (χ3v) is 1.25. The van der Waals surface area contributed by atoms with Crippen molar-refractivity contribution < 1.29 is 39.4 Å². The molecule has 0 unspecified atom stereocenters. The van der Waals surface area contributed by atoms with Crippen LogP contribution >= 0.6 is 0 Å².